The van der Waals surface area contributed by atoms with Crippen LogP contribution in [0.2, 0.25) is 0 Å². The maximum atomic E-state index is 14.0. The molecule has 0 fully saturated rings. The van der Waals surface area contributed by atoms with Gasteiger partial charge in [-0.05, 0) is 30.7 Å². The van der Waals surface area contributed by atoms with Crippen LogP contribution in [0, 0.1) is 12.7 Å². The maximum Gasteiger partial charge on any atom is 0.425 e. The summed E-state index contributed by atoms with van der Waals surface area (Å²) in [5, 5.41) is 4.93. The van der Waals surface area contributed by atoms with Crippen LogP contribution in [0.3, 0.4) is 0 Å². The van der Waals surface area contributed by atoms with Crippen molar-refractivity contribution in [3.8, 4) is 17.1 Å². The highest BCUT2D eigenvalue weighted by molar-refractivity contribution is 7.89. The number of nitrogens with two attached hydrogens (primary N) is 1. The quantitative estimate of drug-likeness (QED) is 0.772. The van der Waals surface area contributed by atoms with Gasteiger partial charge in [0.25, 0.3) is 0 Å². The molecule has 7 nitrogen and oxygen atoms in total. The summed E-state index contributed by atoms with van der Waals surface area (Å²) >= 11 is 0. The molecule has 0 bridgehead atoms. The Bertz CT molecular complexity index is 1070. The summed E-state index contributed by atoms with van der Waals surface area (Å²) in [6.45, 7) is 1.84. The summed E-state index contributed by atoms with van der Waals surface area (Å²) in [5.74, 6) is -1.42. The van der Waals surface area contributed by atoms with Crippen LogP contribution < -0.4 is 10.9 Å². The fourth-order valence-corrected chi connectivity index (χ4v) is 2.80. The van der Waals surface area contributed by atoms with Gasteiger partial charge < -0.3 is 4.42 Å². The molecule has 0 spiro atoms. The van der Waals surface area contributed by atoms with Crippen molar-refractivity contribution in [2.45, 2.75) is 11.8 Å². The molecule has 0 aliphatic carbocycles. The number of oxazole rings is 1. The Hall–Kier alpha value is -2.78. The number of sulfonamides is 1. The predicted octanol–water partition coefficient (Wildman–Crippen LogP) is 1.59. The van der Waals surface area contributed by atoms with Crippen LogP contribution in [0.15, 0.2) is 56.9 Å². The molecule has 0 aliphatic rings. The number of nitrogens with zero attached hydrogens (tertiary/aromatic N) is 2. The molecule has 124 valence electrons. The second-order valence-electron chi connectivity index (χ2n) is 5.11. The lowest BCUT2D eigenvalue weighted by Crippen LogP contribution is -2.15. The van der Waals surface area contributed by atoms with E-state index in [0.29, 0.717) is 5.82 Å². The van der Waals surface area contributed by atoms with Crippen LogP contribution in [-0.2, 0) is 10.0 Å². The lowest BCUT2D eigenvalue weighted by atomic mass is 10.1. The first-order valence-electron chi connectivity index (χ1n) is 6.73. The normalized spacial score (nSPS) is 11.6. The van der Waals surface area contributed by atoms with Gasteiger partial charge in [-0.3, -0.25) is 0 Å². The molecular weight excluding hydrogens is 337 g/mol. The van der Waals surface area contributed by atoms with Gasteiger partial charge in [-0.15, -0.1) is 0 Å². The molecular formula is C15H12FN3O4S. The van der Waals surface area contributed by atoms with E-state index in [4.69, 9.17) is 9.56 Å². The minimum absolute atomic E-state index is 0.233. The highest BCUT2D eigenvalue weighted by Gasteiger charge is 2.18. The molecule has 9 heteroatoms. The number of benzene rings is 1. The summed E-state index contributed by atoms with van der Waals surface area (Å²) < 4.78 is 42.6. The van der Waals surface area contributed by atoms with Crippen LogP contribution in [-0.4, -0.2) is 18.0 Å². The van der Waals surface area contributed by atoms with Gasteiger partial charge in [-0.1, -0.05) is 12.1 Å². The molecule has 0 atom stereocenters. The third kappa shape index (κ3) is 2.86. The largest absolute Gasteiger partial charge is 0.425 e. The van der Waals surface area contributed by atoms with Crippen LogP contribution >= 0.6 is 0 Å². The van der Waals surface area contributed by atoms with Gasteiger partial charge in [-0.25, -0.2) is 32.3 Å². The van der Waals surface area contributed by atoms with Gasteiger partial charge in [0, 0.05) is 11.8 Å². The van der Waals surface area contributed by atoms with E-state index >= 15 is 0 Å². The molecule has 2 aromatic heterocycles. The van der Waals surface area contributed by atoms with E-state index in [9.17, 15) is 17.6 Å². The maximum absolute atomic E-state index is 14.0. The Balaban J connectivity index is 2.17. The number of primary sulfonamides is 1. The molecule has 3 rings (SSSR count). The average molecular weight is 349 g/mol. The summed E-state index contributed by atoms with van der Waals surface area (Å²) in [6, 6.07) is 6.71. The Labute approximate surface area is 136 Å². The first-order chi connectivity index (χ1) is 11.3. The van der Waals surface area contributed by atoms with Crippen molar-refractivity contribution in [2.24, 2.45) is 5.14 Å². The molecule has 1 aromatic carbocycles. The van der Waals surface area contributed by atoms with E-state index in [0.717, 1.165) is 28.5 Å². The Morgan fingerprint density at radius 3 is 2.58 bits per heavy atom. The lowest BCUT2D eigenvalue weighted by molar-refractivity contribution is 0.503. The van der Waals surface area contributed by atoms with Crippen LogP contribution in [0.4, 0.5) is 4.39 Å². The molecule has 0 aliphatic heterocycles. The number of hydrogen-bond donors (Lipinski definition) is 1. The molecule has 0 amide bonds. The second-order valence-corrected chi connectivity index (χ2v) is 6.64. The molecule has 0 saturated heterocycles. The Kier molecular flexibility index (Phi) is 3.82. The highest BCUT2D eigenvalue weighted by Crippen LogP contribution is 2.24. The monoisotopic (exact) mass is 349 g/mol. The smallest absolute Gasteiger partial charge is 0.415 e. The zero-order valence-corrected chi connectivity index (χ0v) is 13.2. The van der Waals surface area contributed by atoms with Gasteiger partial charge in [0.2, 0.25) is 10.0 Å². The van der Waals surface area contributed by atoms with E-state index in [1.807, 2.05) is 6.92 Å². The van der Waals surface area contributed by atoms with E-state index in [-0.39, 0.29) is 11.3 Å². The zero-order chi connectivity index (χ0) is 17.5. The van der Waals surface area contributed by atoms with Crippen molar-refractivity contribution in [3.63, 3.8) is 0 Å². The van der Waals surface area contributed by atoms with Crippen molar-refractivity contribution in [1.29, 1.82) is 0 Å². The third-order valence-corrected chi connectivity index (χ3v) is 4.30. The van der Waals surface area contributed by atoms with E-state index < -0.39 is 26.5 Å². The summed E-state index contributed by atoms with van der Waals surface area (Å²) in [7, 11) is -4.17. The number of halogens is 1. The van der Waals surface area contributed by atoms with Crippen LogP contribution in [0.1, 0.15) is 5.56 Å². The molecule has 2 heterocycles. The standard InChI is InChI=1S/C15H12FN3O4S/c1-9-2-5-14(18-7-9)19-12(8-23-15(19)20)10-3-4-13(11(16)6-10)24(17,21)22/h2-8H,1H3,(H2,17,21,22). The van der Waals surface area contributed by atoms with Crippen molar-refractivity contribution in [1.82, 2.24) is 9.55 Å². The molecule has 3 aromatic rings. The number of pyridine rings is 1. The van der Waals surface area contributed by atoms with E-state index in [1.165, 1.54) is 6.07 Å². The molecule has 2 N–H and O–H groups in total. The van der Waals surface area contributed by atoms with Crippen LogP contribution in [0.25, 0.3) is 17.1 Å². The zero-order valence-electron chi connectivity index (χ0n) is 12.4. The number of aryl methyl sites for hydroxylation is 1. The minimum Gasteiger partial charge on any atom is -0.415 e. The molecule has 0 unspecified atom stereocenters. The molecule has 0 saturated carbocycles. The molecule has 0 radical (unpaired) electrons. The third-order valence-electron chi connectivity index (χ3n) is 3.35. The van der Waals surface area contributed by atoms with Crippen LogP contribution in [0.5, 0.6) is 0 Å². The Morgan fingerprint density at radius 1 is 1.25 bits per heavy atom. The SMILES string of the molecule is Cc1ccc(-n2c(-c3ccc(S(N)(=O)=O)c(F)c3)coc2=O)nc1. The summed E-state index contributed by atoms with van der Waals surface area (Å²) in [6.07, 6.45) is 2.72. The number of hydrogen-bond acceptors (Lipinski definition) is 5. The van der Waals surface area contributed by atoms with Crippen molar-refractivity contribution >= 4 is 10.0 Å². The van der Waals surface area contributed by atoms with Gasteiger partial charge >= 0.3 is 5.76 Å². The van der Waals surface area contributed by atoms with E-state index in [1.54, 1.807) is 18.3 Å². The fourth-order valence-electron chi connectivity index (χ4n) is 2.21. The first kappa shape index (κ1) is 16.1. The van der Waals surface area contributed by atoms with Crippen molar-refractivity contribution in [3.05, 3.63) is 64.7 Å². The Morgan fingerprint density at radius 2 is 2.00 bits per heavy atom. The second kappa shape index (κ2) is 5.69. The van der Waals surface area contributed by atoms with Gasteiger partial charge in [0.15, 0.2) is 0 Å². The van der Waals surface area contributed by atoms with E-state index in [2.05, 4.69) is 4.98 Å². The van der Waals surface area contributed by atoms with Gasteiger partial charge in [0.05, 0.1) is 5.69 Å². The first-order valence-corrected chi connectivity index (χ1v) is 8.28. The van der Waals surface area contributed by atoms with Gasteiger partial charge in [0.1, 0.15) is 22.8 Å². The van der Waals surface area contributed by atoms with Crippen molar-refractivity contribution < 1.29 is 17.2 Å². The average Bonchev–Trinajstić information content (AvgIpc) is 2.88. The number of aromatic nitrogens is 2. The minimum atomic E-state index is -4.17. The highest BCUT2D eigenvalue weighted by atomic mass is 32.2. The topological polar surface area (TPSA) is 108 Å². The summed E-state index contributed by atoms with van der Waals surface area (Å²) in [5.41, 5.74) is 1.38. The fraction of sp³-hybridized carbons (Fsp3) is 0.0667. The lowest BCUT2D eigenvalue weighted by Gasteiger charge is -2.07. The molecule has 24 heavy (non-hydrogen) atoms. The number of rotatable bonds is 3. The summed E-state index contributed by atoms with van der Waals surface area (Å²) in [4.78, 5) is 15.5. The van der Waals surface area contributed by atoms with Crippen molar-refractivity contribution in [2.75, 3.05) is 0 Å². The van der Waals surface area contributed by atoms with Gasteiger partial charge in [-0.2, -0.15) is 0 Å². The predicted molar refractivity (Wildman–Crippen MR) is 83.6 cm³/mol.